The van der Waals surface area contributed by atoms with E-state index in [0.29, 0.717) is 11.4 Å². The van der Waals surface area contributed by atoms with Gasteiger partial charge in [-0.3, -0.25) is 9.78 Å². The van der Waals surface area contributed by atoms with E-state index >= 15 is 0 Å². The fourth-order valence-corrected chi connectivity index (χ4v) is 3.36. The second kappa shape index (κ2) is 8.65. The topological polar surface area (TPSA) is 124 Å². The number of ether oxygens (including phenoxy) is 1. The lowest BCUT2D eigenvalue weighted by Gasteiger charge is -2.07. The molecule has 0 atom stereocenters. The molecule has 146 valence electrons. The van der Waals surface area contributed by atoms with Gasteiger partial charge in [0, 0.05) is 18.0 Å². The average Bonchev–Trinajstić information content (AvgIpc) is 3.16. The summed E-state index contributed by atoms with van der Waals surface area (Å²) in [6, 6.07) is 7.24. The number of esters is 1. The van der Waals surface area contributed by atoms with Crippen LogP contribution < -0.4 is 4.72 Å². The SMILES string of the molecule is O=C(CNS(=O)(=O)c1ccc(Cl)c(Cl)c1)OCc1nc(-c2cccnc2)no1. The van der Waals surface area contributed by atoms with Crippen molar-refractivity contribution < 1.29 is 22.5 Å². The molecule has 2 heterocycles. The molecule has 3 aromatic rings. The maximum absolute atomic E-state index is 12.2. The fourth-order valence-electron chi connectivity index (χ4n) is 2.00. The van der Waals surface area contributed by atoms with E-state index in [0.717, 1.165) is 0 Å². The first kappa shape index (κ1) is 20.2. The molecule has 12 heteroatoms. The van der Waals surface area contributed by atoms with E-state index < -0.39 is 22.5 Å². The number of halogens is 2. The summed E-state index contributed by atoms with van der Waals surface area (Å²) in [7, 11) is -3.96. The summed E-state index contributed by atoms with van der Waals surface area (Å²) in [5, 5.41) is 4.04. The number of rotatable bonds is 7. The fraction of sp³-hybridized carbons (Fsp3) is 0.125. The van der Waals surface area contributed by atoms with Gasteiger partial charge in [-0.15, -0.1) is 0 Å². The molecule has 0 aliphatic carbocycles. The third-order valence-corrected chi connectivity index (χ3v) is 5.49. The lowest BCUT2D eigenvalue weighted by atomic mass is 10.3. The van der Waals surface area contributed by atoms with Crippen molar-refractivity contribution in [3.63, 3.8) is 0 Å². The van der Waals surface area contributed by atoms with Gasteiger partial charge >= 0.3 is 5.97 Å². The molecular weight excluding hydrogens is 431 g/mol. The summed E-state index contributed by atoms with van der Waals surface area (Å²) in [4.78, 5) is 19.7. The number of aromatic nitrogens is 3. The van der Waals surface area contributed by atoms with Crippen molar-refractivity contribution in [3.05, 3.63) is 58.7 Å². The minimum absolute atomic E-state index is 0.0551. The van der Waals surface area contributed by atoms with Crippen LogP contribution in [0.1, 0.15) is 5.89 Å². The molecule has 2 aromatic heterocycles. The molecule has 9 nitrogen and oxygen atoms in total. The molecule has 0 aliphatic rings. The molecule has 0 saturated carbocycles. The number of carbonyl (C=O) groups excluding carboxylic acids is 1. The Morgan fingerprint density at radius 1 is 1.21 bits per heavy atom. The van der Waals surface area contributed by atoms with Gasteiger partial charge in [-0.1, -0.05) is 28.4 Å². The van der Waals surface area contributed by atoms with E-state index in [1.165, 1.54) is 18.2 Å². The van der Waals surface area contributed by atoms with Gasteiger partial charge < -0.3 is 9.26 Å². The number of nitrogens with zero attached hydrogens (tertiary/aromatic N) is 3. The monoisotopic (exact) mass is 442 g/mol. The number of hydrogen-bond acceptors (Lipinski definition) is 8. The van der Waals surface area contributed by atoms with E-state index in [1.54, 1.807) is 24.5 Å². The van der Waals surface area contributed by atoms with Crippen molar-refractivity contribution >= 4 is 39.2 Å². The minimum atomic E-state index is -3.96. The summed E-state index contributed by atoms with van der Waals surface area (Å²) >= 11 is 11.6. The molecule has 0 saturated heterocycles. The second-order valence-electron chi connectivity index (χ2n) is 5.31. The van der Waals surface area contributed by atoms with Crippen LogP contribution in [0.2, 0.25) is 10.0 Å². The van der Waals surface area contributed by atoms with Crippen LogP contribution in [0.4, 0.5) is 0 Å². The largest absolute Gasteiger partial charge is 0.455 e. The van der Waals surface area contributed by atoms with E-state index in [1.807, 2.05) is 0 Å². The van der Waals surface area contributed by atoms with Crippen molar-refractivity contribution in [3.8, 4) is 11.4 Å². The zero-order chi connectivity index (χ0) is 20.1. The number of nitrogens with one attached hydrogen (secondary N) is 1. The van der Waals surface area contributed by atoms with Crippen molar-refractivity contribution in [2.24, 2.45) is 0 Å². The van der Waals surface area contributed by atoms with Crippen LogP contribution in [0.25, 0.3) is 11.4 Å². The van der Waals surface area contributed by atoms with Gasteiger partial charge in [-0.05, 0) is 30.3 Å². The summed E-state index contributed by atoms with van der Waals surface area (Å²) in [5.74, 6) is -0.483. The number of pyridine rings is 1. The molecule has 0 fully saturated rings. The first-order valence-corrected chi connectivity index (χ1v) is 9.92. The first-order valence-electron chi connectivity index (χ1n) is 7.68. The van der Waals surface area contributed by atoms with E-state index in [4.69, 9.17) is 32.5 Å². The molecule has 0 radical (unpaired) electrons. The molecule has 1 aromatic carbocycles. The van der Waals surface area contributed by atoms with Gasteiger partial charge in [0.1, 0.15) is 6.54 Å². The lowest BCUT2D eigenvalue weighted by Crippen LogP contribution is -2.30. The Hall–Kier alpha value is -2.53. The van der Waals surface area contributed by atoms with Gasteiger partial charge in [0.15, 0.2) is 6.61 Å². The van der Waals surface area contributed by atoms with Crippen LogP contribution in [0.5, 0.6) is 0 Å². The van der Waals surface area contributed by atoms with E-state index in [2.05, 4.69) is 19.8 Å². The Labute approximate surface area is 169 Å². The van der Waals surface area contributed by atoms with Gasteiger partial charge in [-0.25, -0.2) is 8.42 Å². The third-order valence-electron chi connectivity index (χ3n) is 3.35. The average molecular weight is 443 g/mol. The quantitative estimate of drug-likeness (QED) is 0.553. The normalized spacial score (nSPS) is 11.4. The van der Waals surface area contributed by atoms with Crippen LogP contribution in [0.15, 0.2) is 52.1 Å². The Morgan fingerprint density at radius 3 is 2.75 bits per heavy atom. The van der Waals surface area contributed by atoms with Crippen LogP contribution >= 0.6 is 23.2 Å². The Morgan fingerprint density at radius 2 is 2.04 bits per heavy atom. The number of hydrogen-bond donors (Lipinski definition) is 1. The predicted octanol–water partition coefficient (Wildman–Crippen LogP) is 2.46. The first-order chi connectivity index (χ1) is 13.3. The summed E-state index contributed by atoms with van der Waals surface area (Å²) in [6.45, 7) is -0.896. The molecule has 3 rings (SSSR count). The minimum Gasteiger partial charge on any atom is -0.455 e. The molecule has 0 spiro atoms. The second-order valence-corrected chi connectivity index (χ2v) is 7.90. The van der Waals surface area contributed by atoms with Crippen molar-refractivity contribution in [2.45, 2.75) is 11.5 Å². The predicted molar refractivity (Wildman–Crippen MR) is 99.0 cm³/mol. The van der Waals surface area contributed by atoms with Crippen molar-refractivity contribution in [2.75, 3.05) is 6.54 Å². The highest BCUT2D eigenvalue weighted by molar-refractivity contribution is 7.89. The van der Waals surface area contributed by atoms with Crippen molar-refractivity contribution in [1.29, 1.82) is 0 Å². The summed E-state index contributed by atoms with van der Waals surface area (Å²) in [5.41, 5.74) is 0.637. The Kier molecular flexibility index (Phi) is 6.25. The molecule has 1 N–H and O–H groups in total. The number of sulfonamides is 1. The maximum Gasteiger partial charge on any atom is 0.321 e. The lowest BCUT2D eigenvalue weighted by molar-refractivity contribution is -0.144. The summed E-state index contributed by atoms with van der Waals surface area (Å²) in [6.07, 6.45) is 3.16. The van der Waals surface area contributed by atoms with Crippen LogP contribution in [0.3, 0.4) is 0 Å². The summed E-state index contributed by atoms with van der Waals surface area (Å²) < 4.78 is 36.3. The molecule has 0 aliphatic heterocycles. The van der Waals surface area contributed by atoms with Gasteiger partial charge in [0.05, 0.1) is 14.9 Å². The third kappa shape index (κ3) is 5.04. The van der Waals surface area contributed by atoms with E-state index in [-0.39, 0.29) is 27.4 Å². The van der Waals surface area contributed by atoms with E-state index in [9.17, 15) is 13.2 Å². The molecule has 0 unspecified atom stereocenters. The Balaban J connectivity index is 1.53. The van der Waals surface area contributed by atoms with Gasteiger partial charge in [0.25, 0.3) is 5.89 Å². The molecule has 0 amide bonds. The van der Waals surface area contributed by atoms with Gasteiger partial charge in [0.2, 0.25) is 15.8 Å². The van der Waals surface area contributed by atoms with Crippen LogP contribution in [0, 0.1) is 0 Å². The molecular formula is C16H12Cl2N4O5S. The zero-order valence-corrected chi connectivity index (χ0v) is 16.3. The highest BCUT2D eigenvalue weighted by Crippen LogP contribution is 2.24. The van der Waals surface area contributed by atoms with Crippen LogP contribution in [-0.2, 0) is 26.2 Å². The number of carbonyl (C=O) groups is 1. The Bertz CT molecular complexity index is 1090. The molecule has 0 bridgehead atoms. The maximum atomic E-state index is 12.2. The highest BCUT2D eigenvalue weighted by Gasteiger charge is 2.18. The standard InChI is InChI=1S/C16H12Cl2N4O5S/c17-12-4-3-11(6-13(12)18)28(24,25)20-8-15(23)26-9-14-21-16(22-27-14)10-2-1-5-19-7-10/h1-7,20H,8-9H2. The van der Waals surface area contributed by atoms with Crippen LogP contribution in [-0.4, -0.2) is 36.1 Å². The highest BCUT2D eigenvalue weighted by atomic mass is 35.5. The zero-order valence-electron chi connectivity index (χ0n) is 14.0. The number of benzene rings is 1. The van der Waals surface area contributed by atoms with Crippen molar-refractivity contribution in [1.82, 2.24) is 19.8 Å². The van der Waals surface area contributed by atoms with Gasteiger partial charge in [-0.2, -0.15) is 9.71 Å². The smallest absolute Gasteiger partial charge is 0.321 e. The molecule has 28 heavy (non-hydrogen) atoms.